The number of phenolic OH excluding ortho intramolecular Hbond substituents is 1. The summed E-state index contributed by atoms with van der Waals surface area (Å²) in [4.78, 5) is 6.80. The van der Waals surface area contributed by atoms with Crippen molar-refractivity contribution in [1.82, 2.24) is 4.90 Å². The van der Waals surface area contributed by atoms with Crippen LogP contribution in [0.1, 0.15) is 18.1 Å². The molecule has 0 aliphatic rings. The van der Waals surface area contributed by atoms with Crippen LogP contribution in [0.3, 0.4) is 0 Å². The van der Waals surface area contributed by atoms with Crippen LogP contribution in [0.15, 0.2) is 70.1 Å². The monoisotopic (exact) mass is 460 g/mol. The lowest BCUT2D eigenvalue weighted by atomic mass is 9.88. The Balaban J connectivity index is 2.08. The Morgan fingerprint density at radius 3 is 2.43 bits per heavy atom. The minimum absolute atomic E-state index is 0.329. The molecule has 4 aromatic rings. The van der Waals surface area contributed by atoms with Gasteiger partial charge in [0.05, 0.1) is 12.4 Å². The molecule has 4 rings (SSSR count). The van der Waals surface area contributed by atoms with Gasteiger partial charge in [-0.15, -0.1) is 0 Å². The number of aliphatic imine (C=N–C) groups is 1. The van der Waals surface area contributed by atoms with Gasteiger partial charge in [-0.25, -0.2) is 0 Å². The highest BCUT2D eigenvalue weighted by Crippen LogP contribution is 2.44. The number of amidine groups is 1. The van der Waals surface area contributed by atoms with E-state index >= 15 is 0 Å². The first-order chi connectivity index (χ1) is 14.4. The lowest BCUT2D eigenvalue weighted by Crippen LogP contribution is -2.18. The third-order valence-electron chi connectivity index (χ3n) is 5.66. The molecular formula is C26H25BrN2O. The fraction of sp³-hybridized carbons (Fsp3) is 0.192. The minimum atomic E-state index is 0.329. The molecule has 0 aliphatic carbocycles. The summed E-state index contributed by atoms with van der Waals surface area (Å²) in [6.07, 6.45) is 0. The van der Waals surface area contributed by atoms with Crippen molar-refractivity contribution in [2.24, 2.45) is 4.99 Å². The van der Waals surface area contributed by atoms with E-state index in [0.29, 0.717) is 12.3 Å². The molecule has 0 saturated heterocycles. The molecule has 0 fully saturated rings. The lowest BCUT2D eigenvalue weighted by molar-refractivity contribution is 0.474. The van der Waals surface area contributed by atoms with Crippen molar-refractivity contribution in [3.63, 3.8) is 0 Å². The first kappa shape index (κ1) is 20.4. The summed E-state index contributed by atoms with van der Waals surface area (Å²) in [5.41, 5.74) is 3.89. The number of phenols is 1. The summed E-state index contributed by atoms with van der Waals surface area (Å²) in [6.45, 7) is 4.52. The number of aromatic hydroxyl groups is 1. The summed E-state index contributed by atoms with van der Waals surface area (Å²) in [5.74, 6) is 1.30. The molecule has 0 amide bonds. The molecule has 1 N–H and O–H groups in total. The topological polar surface area (TPSA) is 35.8 Å². The maximum Gasteiger partial charge on any atom is 0.126 e. The average Bonchev–Trinajstić information content (AvgIpc) is 2.73. The summed E-state index contributed by atoms with van der Waals surface area (Å²) in [6, 6.07) is 20.9. The van der Waals surface area contributed by atoms with E-state index in [9.17, 15) is 5.11 Å². The van der Waals surface area contributed by atoms with E-state index in [2.05, 4.69) is 58.4 Å². The van der Waals surface area contributed by atoms with Crippen LogP contribution in [0.5, 0.6) is 5.75 Å². The molecule has 0 bridgehead atoms. The van der Waals surface area contributed by atoms with Crippen molar-refractivity contribution in [3.05, 3.63) is 76.3 Å². The SMILES string of the molecule is CC(=NCc1ccc2ccccc2c1-c1c(O)c(C)cc2cc(Br)ccc12)N(C)C. The van der Waals surface area contributed by atoms with Gasteiger partial charge in [-0.1, -0.05) is 58.4 Å². The number of rotatable bonds is 3. The van der Waals surface area contributed by atoms with Crippen LogP contribution in [-0.2, 0) is 6.54 Å². The van der Waals surface area contributed by atoms with Gasteiger partial charge < -0.3 is 10.0 Å². The zero-order chi connectivity index (χ0) is 21.4. The molecule has 4 aromatic carbocycles. The molecule has 3 nitrogen and oxygen atoms in total. The van der Waals surface area contributed by atoms with E-state index in [-0.39, 0.29) is 0 Å². The molecule has 30 heavy (non-hydrogen) atoms. The number of aryl methyl sites for hydroxylation is 1. The average molecular weight is 461 g/mol. The summed E-state index contributed by atoms with van der Waals surface area (Å²) in [7, 11) is 4.00. The van der Waals surface area contributed by atoms with E-state index in [1.807, 2.05) is 51.0 Å². The largest absolute Gasteiger partial charge is 0.507 e. The first-order valence-corrected chi connectivity index (χ1v) is 10.8. The standard InChI is InChI=1S/C26H25BrN2O/c1-16-13-20-14-21(27)11-12-23(20)25(26(16)30)24-19(15-28-17(2)29(3)4)10-9-18-7-5-6-8-22(18)24/h5-14,30H,15H2,1-4H3. The van der Waals surface area contributed by atoms with Gasteiger partial charge >= 0.3 is 0 Å². The Kier molecular flexibility index (Phi) is 5.52. The number of fused-ring (bicyclic) bond motifs is 2. The Bertz CT molecular complexity index is 1290. The van der Waals surface area contributed by atoms with Gasteiger partial charge in [0.2, 0.25) is 0 Å². The van der Waals surface area contributed by atoms with Crippen molar-refractivity contribution >= 4 is 43.3 Å². The van der Waals surface area contributed by atoms with E-state index in [0.717, 1.165) is 54.1 Å². The normalized spacial score (nSPS) is 12.0. The molecule has 0 aliphatic heterocycles. The van der Waals surface area contributed by atoms with Crippen LogP contribution in [0.4, 0.5) is 0 Å². The molecule has 0 atom stereocenters. The highest BCUT2D eigenvalue weighted by molar-refractivity contribution is 9.10. The van der Waals surface area contributed by atoms with E-state index in [1.54, 1.807) is 0 Å². The second-order valence-electron chi connectivity index (χ2n) is 7.86. The summed E-state index contributed by atoms with van der Waals surface area (Å²) in [5, 5.41) is 15.6. The van der Waals surface area contributed by atoms with E-state index < -0.39 is 0 Å². The number of halogens is 1. The number of benzene rings is 4. The molecular weight excluding hydrogens is 436 g/mol. The first-order valence-electron chi connectivity index (χ1n) is 9.98. The maximum absolute atomic E-state index is 11.2. The predicted molar refractivity (Wildman–Crippen MR) is 131 cm³/mol. The Morgan fingerprint density at radius 2 is 1.67 bits per heavy atom. The fourth-order valence-electron chi connectivity index (χ4n) is 3.84. The van der Waals surface area contributed by atoms with Crippen molar-refractivity contribution < 1.29 is 5.11 Å². The fourth-order valence-corrected chi connectivity index (χ4v) is 4.22. The Morgan fingerprint density at radius 1 is 0.933 bits per heavy atom. The molecule has 0 spiro atoms. The second-order valence-corrected chi connectivity index (χ2v) is 8.78. The van der Waals surface area contributed by atoms with Crippen LogP contribution in [0.2, 0.25) is 0 Å². The molecule has 152 valence electrons. The number of nitrogens with zero attached hydrogens (tertiary/aromatic N) is 2. The zero-order valence-electron chi connectivity index (χ0n) is 17.7. The molecule has 0 saturated carbocycles. The van der Waals surface area contributed by atoms with Crippen LogP contribution < -0.4 is 0 Å². The molecule has 0 heterocycles. The van der Waals surface area contributed by atoms with Crippen LogP contribution in [-0.4, -0.2) is 29.9 Å². The molecule has 0 unspecified atom stereocenters. The highest BCUT2D eigenvalue weighted by Gasteiger charge is 2.18. The van der Waals surface area contributed by atoms with Gasteiger partial charge in [-0.05, 0) is 70.3 Å². The smallest absolute Gasteiger partial charge is 0.126 e. The van der Waals surface area contributed by atoms with Gasteiger partial charge in [0, 0.05) is 24.1 Å². The number of hydrogen-bond donors (Lipinski definition) is 1. The molecule has 0 radical (unpaired) electrons. The quantitative estimate of drug-likeness (QED) is 0.266. The van der Waals surface area contributed by atoms with Gasteiger partial charge in [0.15, 0.2) is 0 Å². The Hall–Kier alpha value is -2.85. The van der Waals surface area contributed by atoms with Crippen molar-refractivity contribution in [1.29, 1.82) is 0 Å². The number of hydrogen-bond acceptors (Lipinski definition) is 2. The minimum Gasteiger partial charge on any atom is -0.507 e. The maximum atomic E-state index is 11.2. The predicted octanol–water partition coefficient (Wildman–Crippen LogP) is 6.92. The lowest BCUT2D eigenvalue weighted by Gasteiger charge is -2.18. The molecule has 0 aromatic heterocycles. The van der Waals surface area contributed by atoms with Gasteiger partial charge in [0.25, 0.3) is 0 Å². The third-order valence-corrected chi connectivity index (χ3v) is 6.15. The van der Waals surface area contributed by atoms with Crippen molar-refractivity contribution in [2.45, 2.75) is 20.4 Å². The van der Waals surface area contributed by atoms with Gasteiger partial charge in [-0.3, -0.25) is 4.99 Å². The third kappa shape index (κ3) is 3.68. The van der Waals surface area contributed by atoms with E-state index in [1.165, 1.54) is 0 Å². The second kappa shape index (κ2) is 8.11. The summed E-state index contributed by atoms with van der Waals surface area (Å²) >= 11 is 3.58. The van der Waals surface area contributed by atoms with Gasteiger partial charge in [0.1, 0.15) is 5.75 Å². The highest BCUT2D eigenvalue weighted by atomic mass is 79.9. The Labute approximate surface area is 185 Å². The van der Waals surface area contributed by atoms with Gasteiger partial charge in [-0.2, -0.15) is 0 Å². The van der Waals surface area contributed by atoms with Crippen molar-refractivity contribution in [3.8, 4) is 16.9 Å². The summed E-state index contributed by atoms with van der Waals surface area (Å²) < 4.78 is 1.02. The molecule has 4 heteroatoms. The van der Waals surface area contributed by atoms with Crippen LogP contribution >= 0.6 is 15.9 Å². The van der Waals surface area contributed by atoms with Crippen LogP contribution in [0, 0.1) is 6.92 Å². The zero-order valence-corrected chi connectivity index (χ0v) is 19.3. The van der Waals surface area contributed by atoms with E-state index in [4.69, 9.17) is 4.99 Å². The van der Waals surface area contributed by atoms with Crippen molar-refractivity contribution in [2.75, 3.05) is 14.1 Å². The van der Waals surface area contributed by atoms with Crippen LogP contribution in [0.25, 0.3) is 32.7 Å².